The highest BCUT2D eigenvalue weighted by Crippen LogP contribution is 2.26. The van der Waals surface area contributed by atoms with E-state index < -0.39 is 6.04 Å². The van der Waals surface area contributed by atoms with Crippen LogP contribution in [0.1, 0.15) is 53.6 Å². The Morgan fingerprint density at radius 2 is 2.03 bits per heavy atom. The molecule has 0 saturated carbocycles. The van der Waals surface area contributed by atoms with Gasteiger partial charge in [0, 0.05) is 24.8 Å². The number of halogens is 1. The van der Waals surface area contributed by atoms with Crippen LogP contribution in [-0.4, -0.2) is 56.0 Å². The average Bonchev–Trinajstić information content (AvgIpc) is 3.13. The minimum atomic E-state index is -0.591. The van der Waals surface area contributed by atoms with Crippen molar-refractivity contribution in [3.05, 3.63) is 34.0 Å². The predicted molar refractivity (Wildman–Crippen MR) is 114 cm³/mol. The summed E-state index contributed by atoms with van der Waals surface area (Å²) in [5.74, 6) is 1.12. The van der Waals surface area contributed by atoms with Gasteiger partial charge in [0.15, 0.2) is 0 Å². The van der Waals surface area contributed by atoms with Crippen LogP contribution < -0.4 is 11.1 Å². The number of aromatic amines is 1. The standard InChI is InChI=1S/C20H28ClN7O2/c1-11-16(10-23-27-11)19(29)24-12(2)20(30)28-8-6-14(7-9-28)4-5-15-17(21)25-13(3)26-18(15)22/h10,12,14H,4-9H2,1-3H3,(H,23,27)(H,24,29)(H2,22,25,26)/t12-/m0/s1. The summed E-state index contributed by atoms with van der Waals surface area (Å²) >= 11 is 6.22. The van der Waals surface area contributed by atoms with E-state index in [0.717, 1.165) is 31.2 Å². The van der Waals surface area contributed by atoms with Crippen molar-refractivity contribution in [2.24, 2.45) is 5.92 Å². The summed E-state index contributed by atoms with van der Waals surface area (Å²) in [4.78, 5) is 35.2. The van der Waals surface area contributed by atoms with Crippen molar-refractivity contribution in [2.45, 2.75) is 52.5 Å². The van der Waals surface area contributed by atoms with Crippen molar-refractivity contribution in [1.82, 2.24) is 30.4 Å². The maximum atomic E-state index is 12.7. The van der Waals surface area contributed by atoms with E-state index in [-0.39, 0.29) is 11.8 Å². The number of nitrogens with two attached hydrogens (primary N) is 1. The topological polar surface area (TPSA) is 130 Å². The van der Waals surface area contributed by atoms with Gasteiger partial charge in [-0.25, -0.2) is 9.97 Å². The number of carbonyl (C=O) groups excluding carboxylic acids is 2. The van der Waals surface area contributed by atoms with E-state index in [9.17, 15) is 9.59 Å². The fourth-order valence-corrected chi connectivity index (χ4v) is 4.12. The first-order valence-electron chi connectivity index (χ1n) is 10.1. The Bertz CT molecular complexity index is 899. The van der Waals surface area contributed by atoms with Crippen LogP contribution in [0, 0.1) is 19.8 Å². The molecule has 1 aliphatic rings. The molecule has 0 spiro atoms. The number of anilines is 1. The van der Waals surface area contributed by atoms with Crippen molar-refractivity contribution in [1.29, 1.82) is 0 Å². The third-order valence-corrected chi connectivity index (χ3v) is 5.94. The van der Waals surface area contributed by atoms with Gasteiger partial charge in [-0.15, -0.1) is 0 Å². The number of hydrogen-bond donors (Lipinski definition) is 3. The molecule has 9 nitrogen and oxygen atoms in total. The van der Waals surface area contributed by atoms with Gasteiger partial charge in [-0.1, -0.05) is 11.6 Å². The predicted octanol–water partition coefficient (Wildman–Crippen LogP) is 2.04. The molecule has 1 saturated heterocycles. The first kappa shape index (κ1) is 22.0. The lowest BCUT2D eigenvalue weighted by molar-refractivity contribution is -0.134. The van der Waals surface area contributed by atoms with Gasteiger partial charge >= 0.3 is 0 Å². The molecule has 1 fully saturated rings. The zero-order chi connectivity index (χ0) is 21.8. The fraction of sp³-hybridized carbons (Fsp3) is 0.550. The van der Waals surface area contributed by atoms with E-state index in [0.29, 0.717) is 47.1 Å². The number of likely N-dealkylation sites (tertiary alicyclic amines) is 1. The Morgan fingerprint density at radius 3 is 2.63 bits per heavy atom. The zero-order valence-electron chi connectivity index (χ0n) is 17.5. The number of piperidine rings is 1. The lowest BCUT2D eigenvalue weighted by Gasteiger charge is -2.33. The molecule has 2 aromatic heterocycles. The van der Waals surface area contributed by atoms with Crippen LogP contribution in [0.25, 0.3) is 0 Å². The second kappa shape index (κ2) is 9.42. The highest BCUT2D eigenvalue weighted by molar-refractivity contribution is 6.30. The number of hydrogen-bond acceptors (Lipinski definition) is 6. The number of aromatic nitrogens is 4. The van der Waals surface area contributed by atoms with E-state index in [1.165, 1.54) is 6.20 Å². The molecule has 10 heteroatoms. The molecule has 1 atom stereocenters. The minimum absolute atomic E-state index is 0.0674. The normalized spacial score (nSPS) is 15.8. The molecule has 0 unspecified atom stereocenters. The summed E-state index contributed by atoms with van der Waals surface area (Å²) in [5, 5.41) is 9.77. The zero-order valence-corrected chi connectivity index (χ0v) is 18.3. The van der Waals surface area contributed by atoms with E-state index in [4.69, 9.17) is 17.3 Å². The lowest BCUT2D eigenvalue weighted by Crippen LogP contribution is -2.49. The number of H-pyrrole nitrogens is 1. The third-order valence-electron chi connectivity index (χ3n) is 5.62. The van der Waals surface area contributed by atoms with Crippen LogP contribution in [0.15, 0.2) is 6.20 Å². The smallest absolute Gasteiger partial charge is 0.255 e. The number of carbonyl (C=O) groups is 2. The van der Waals surface area contributed by atoms with Crippen LogP contribution in [-0.2, 0) is 11.2 Å². The molecule has 1 aliphatic heterocycles. The molecule has 4 N–H and O–H groups in total. The maximum Gasteiger partial charge on any atom is 0.255 e. The van der Waals surface area contributed by atoms with Gasteiger partial charge in [0.25, 0.3) is 5.91 Å². The molecule has 162 valence electrons. The summed E-state index contributed by atoms with van der Waals surface area (Å²) in [6.07, 6.45) is 4.98. The van der Waals surface area contributed by atoms with Crippen LogP contribution in [0.3, 0.4) is 0 Å². The molecule has 3 rings (SSSR count). The first-order chi connectivity index (χ1) is 14.3. The van der Waals surface area contributed by atoms with Gasteiger partial charge in [-0.3, -0.25) is 14.7 Å². The molecule has 0 radical (unpaired) electrons. The number of rotatable bonds is 6. The SMILES string of the molecule is Cc1nc(N)c(CCC2CCN(C(=O)[C@H](C)NC(=O)c3c[nH]nc3C)CC2)c(Cl)n1. The molecule has 0 bridgehead atoms. The number of nitrogens with one attached hydrogen (secondary N) is 2. The molecular weight excluding hydrogens is 406 g/mol. The number of amides is 2. The van der Waals surface area contributed by atoms with Crippen molar-refractivity contribution < 1.29 is 9.59 Å². The summed E-state index contributed by atoms with van der Waals surface area (Å²) in [5.41, 5.74) is 7.84. The number of nitrogen functional groups attached to an aromatic ring is 1. The number of nitrogens with zero attached hydrogens (tertiary/aromatic N) is 4. The van der Waals surface area contributed by atoms with Crippen molar-refractivity contribution in [3.8, 4) is 0 Å². The van der Waals surface area contributed by atoms with Crippen LogP contribution in [0.5, 0.6) is 0 Å². The summed E-state index contributed by atoms with van der Waals surface area (Å²) < 4.78 is 0. The van der Waals surface area contributed by atoms with Crippen molar-refractivity contribution >= 4 is 29.2 Å². The highest BCUT2D eigenvalue weighted by atomic mass is 35.5. The maximum absolute atomic E-state index is 12.7. The van der Waals surface area contributed by atoms with Gasteiger partial charge in [-0.2, -0.15) is 5.10 Å². The van der Waals surface area contributed by atoms with Gasteiger partial charge in [0.1, 0.15) is 22.8 Å². The van der Waals surface area contributed by atoms with E-state index in [2.05, 4.69) is 25.5 Å². The van der Waals surface area contributed by atoms with Gasteiger partial charge < -0.3 is 16.0 Å². The molecular formula is C20H28ClN7O2. The quantitative estimate of drug-likeness (QED) is 0.597. The monoisotopic (exact) mass is 433 g/mol. The van der Waals surface area contributed by atoms with Crippen molar-refractivity contribution in [2.75, 3.05) is 18.8 Å². The minimum Gasteiger partial charge on any atom is -0.383 e. The van der Waals surface area contributed by atoms with E-state index in [1.54, 1.807) is 20.8 Å². The summed E-state index contributed by atoms with van der Waals surface area (Å²) in [6, 6.07) is -0.591. The second-order valence-corrected chi connectivity index (χ2v) is 8.17. The molecule has 0 aliphatic carbocycles. The fourth-order valence-electron chi connectivity index (χ4n) is 3.80. The average molecular weight is 434 g/mol. The summed E-state index contributed by atoms with van der Waals surface area (Å²) in [7, 11) is 0. The van der Waals surface area contributed by atoms with Crippen LogP contribution in [0.2, 0.25) is 5.15 Å². The molecule has 2 amide bonds. The first-order valence-corrected chi connectivity index (χ1v) is 10.5. The van der Waals surface area contributed by atoms with Crippen molar-refractivity contribution in [3.63, 3.8) is 0 Å². The molecule has 0 aromatic carbocycles. The number of aryl methyl sites for hydroxylation is 2. The lowest BCUT2D eigenvalue weighted by atomic mass is 9.90. The Kier molecular flexibility index (Phi) is 6.91. The summed E-state index contributed by atoms with van der Waals surface area (Å²) in [6.45, 7) is 6.55. The van der Waals surface area contributed by atoms with Crippen LogP contribution in [0.4, 0.5) is 5.82 Å². The van der Waals surface area contributed by atoms with Gasteiger partial charge in [-0.05, 0) is 52.4 Å². The van der Waals surface area contributed by atoms with Gasteiger partial charge in [0.05, 0.1) is 11.3 Å². The molecule has 2 aromatic rings. The third kappa shape index (κ3) is 5.08. The van der Waals surface area contributed by atoms with Crippen LogP contribution >= 0.6 is 11.6 Å². The van der Waals surface area contributed by atoms with Gasteiger partial charge in [0.2, 0.25) is 5.91 Å². The Labute approximate surface area is 180 Å². The van der Waals surface area contributed by atoms with E-state index >= 15 is 0 Å². The molecule has 3 heterocycles. The Hall–Kier alpha value is -2.68. The molecule has 30 heavy (non-hydrogen) atoms. The highest BCUT2D eigenvalue weighted by Gasteiger charge is 2.27. The second-order valence-electron chi connectivity index (χ2n) is 7.81. The Balaban J connectivity index is 1.47. The largest absolute Gasteiger partial charge is 0.383 e. The van der Waals surface area contributed by atoms with E-state index in [1.807, 2.05) is 4.90 Å². The Morgan fingerprint density at radius 1 is 1.33 bits per heavy atom.